The Balaban J connectivity index is 3.31. The van der Waals surface area contributed by atoms with Gasteiger partial charge in [0.1, 0.15) is 0 Å². The van der Waals surface area contributed by atoms with E-state index in [0.717, 1.165) is 44.7 Å². The number of rotatable bonds is 9. The van der Waals surface area contributed by atoms with Crippen molar-refractivity contribution >= 4 is 0 Å². The molecule has 0 aliphatic heterocycles. The maximum absolute atomic E-state index is 5.96. The Labute approximate surface area is 88.4 Å². The summed E-state index contributed by atoms with van der Waals surface area (Å²) in [7, 11) is 0. The van der Waals surface area contributed by atoms with E-state index in [0.29, 0.717) is 6.04 Å². The van der Waals surface area contributed by atoms with Gasteiger partial charge in [0, 0.05) is 6.04 Å². The average Bonchev–Trinajstić information content (AvgIpc) is 2.20. The van der Waals surface area contributed by atoms with Gasteiger partial charge in [0.15, 0.2) is 0 Å². The molecular weight excluding hydrogens is 174 g/mol. The summed E-state index contributed by atoms with van der Waals surface area (Å²) in [6.45, 7) is 3.85. The Morgan fingerprint density at radius 1 is 0.857 bits per heavy atom. The highest BCUT2D eigenvalue weighted by atomic mass is 14.6. The second-order valence-electron chi connectivity index (χ2n) is 4.30. The van der Waals surface area contributed by atoms with E-state index in [2.05, 4.69) is 6.92 Å². The van der Waals surface area contributed by atoms with Crippen LogP contribution in [0.2, 0.25) is 0 Å². The van der Waals surface area contributed by atoms with E-state index in [9.17, 15) is 0 Å². The molecule has 0 aromatic rings. The van der Waals surface area contributed by atoms with Crippen molar-refractivity contribution in [2.75, 3.05) is 13.1 Å². The maximum Gasteiger partial charge on any atom is 0.00393 e. The van der Waals surface area contributed by atoms with Crippen molar-refractivity contribution in [3.63, 3.8) is 0 Å². The predicted molar refractivity (Wildman–Crippen MR) is 63.0 cm³/mol. The van der Waals surface area contributed by atoms with Gasteiger partial charge in [-0.25, -0.2) is 0 Å². The second kappa shape index (κ2) is 9.44. The van der Waals surface area contributed by atoms with E-state index in [1.807, 2.05) is 0 Å². The lowest BCUT2D eigenvalue weighted by Crippen LogP contribution is -2.21. The summed E-state index contributed by atoms with van der Waals surface area (Å²) in [6, 6.07) is 0.346. The van der Waals surface area contributed by atoms with E-state index >= 15 is 0 Å². The minimum Gasteiger partial charge on any atom is -0.330 e. The lowest BCUT2D eigenvalue weighted by Gasteiger charge is -2.14. The number of hydrogen-bond donors (Lipinski definition) is 3. The summed E-state index contributed by atoms with van der Waals surface area (Å²) in [5.41, 5.74) is 16.8. The maximum atomic E-state index is 5.96. The normalized spacial score (nSPS) is 15.4. The molecule has 6 N–H and O–H groups in total. The Hall–Kier alpha value is -0.120. The van der Waals surface area contributed by atoms with Gasteiger partial charge in [0.25, 0.3) is 0 Å². The van der Waals surface area contributed by atoms with Crippen LogP contribution in [0.15, 0.2) is 0 Å². The average molecular weight is 201 g/mol. The Bertz CT molecular complexity index is 103. The van der Waals surface area contributed by atoms with Crippen molar-refractivity contribution in [2.45, 2.75) is 51.5 Å². The van der Waals surface area contributed by atoms with Crippen LogP contribution >= 0.6 is 0 Å². The first kappa shape index (κ1) is 13.9. The van der Waals surface area contributed by atoms with Crippen molar-refractivity contribution < 1.29 is 0 Å². The fourth-order valence-electron chi connectivity index (χ4n) is 1.63. The van der Waals surface area contributed by atoms with Crippen molar-refractivity contribution in [3.8, 4) is 0 Å². The molecule has 3 nitrogen and oxygen atoms in total. The van der Waals surface area contributed by atoms with E-state index in [-0.39, 0.29) is 0 Å². The summed E-state index contributed by atoms with van der Waals surface area (Å²) < 4.78 is 0. The van der Waals surface area contributed by atoms with Crippen LogP contribution in [0.4, 0.5) is 0 Å². The zero-order chi connectivity index (χ0) is 10.8. The SMILES string of the molecule is CC(CCCN)CCC(N)CCCN. The first-order valence-electron chi connectivity index (χ1n) is 5.86. The molecule has 86 valence electrons. The first-order chi connectivity index (χ1) is 6.70. The smallest absolute Gasteiger partial charge is 0.00393 e. The highest BCUT2D eigenvalue weighted by molar-refractivity contribution is 4.64. The van der Waals surface area contributed by atoms with Crippen LogP contribution in [-0.2, 0) is 0 Å². The zero-order valence-electron chi connectivity index (χ0n) is 9.54. The lowest BCUT2D eigenvalue weighted by atomic mass is 9.96. The van der Waals surface area contributed by atoms with Gasteiger partial charge in [-0.15, -0.1) is 0 Å². The Kier molecular flexibility index (Phi) is 9.35. The molecule has 0 amide bonds. The molecule has 0 aromatic heterocycles. The van der Waals surface area contributed by atoms with Gasteiger partial charge in [0.2, 0.25) is 0 Å². The molecule has 3 heteroatoms. The van der Waals surface area contributed by atoms with E-state index in [1.54, 1.807) is 0 Å². The van der Waals surface area contributed by atoms with Crippen molar-refractivity contribution in [2.24, 2.45) is 23.1 Å². The van der Waals surface area contributed by atoms with E-state index in [4.69, 9.17) is 17.2 Å². The van der Waals surface area contributed by atoms with Crippen LogP contribution in [0.3, 0.4) is 0 Å². The molecule has 0 rings (SSSR count). The van der Waals surface area contributed by atoms with Gasteiger partial charge in [0.05, 0.1) is 0 Å². The quantitative estimate of drug-likeness (QED) is 0.524. The molecule has 0 spiro atoms. The summed E-state index contributed by atoms with van der Waals surface area (Å²) in [4.78, 5) is 0. The molecule has 0 aliphatic rings. The van der Waals surface area contributed by atoms with Crippen LogP contribution in [0, 0.1) is 5.92 Å². The monoisotopic (exact) mass is 201 g/mol. The number of nitrogens with two attached hydrogens (primary N) is 3. The van der Waals surface area contributed by atoms with Crippen LogP contribution in [0.1, 0.15) is 45.4 Å². The van der Waals surface area contributed by atoms with Gasteiger partial charge in [-0.3, -0.25) is 0 Å². The van der Waals surface area contributed by atoms with Crippen molar-refractivity contribution in [1.29, 1.82) is 0 Å². The Morgan fingerprint density at radius 3 is 2.00 bits per heavy atom. The standard InChI is InChI=1S/C11H27N3/c1-10(4-2-8-12)6-7-11(14)5-3-9-13/h10-11H,2-9,12-14H2,1H3. The molecule has 0 bridgehead atoms. The lowest BCUT2D eigenvalue weighted by molar-refractivity contribution is 0.423. The van der Waals surface area contributed by atoms with Crippen molar-refractivity contribution in [3.05, 3.63) is 0 Å². The third-order valence-corrected chi connectivity index (χ3v) is 2.71. The molecule has 0 radical (unpaired) electrons. The molecule has 14 heavy (non-hydrogen) atoms. The van der Waals surface area contributed by atoms with Crippen LogP contribution in [0.5, 0.6) is 0 Å². The number of hydrogen-bond acceptors (Lipinski definition) is 3. The highest BCUT2D eigenvalue weighted by Gasteiger charge is 2.06. The van der Waals surface area contributed by atoms with E-state index in [1.165, 1.54) is 12.8 Å². The summed E-state index contributed by atoms with van der Waals surface area (Å²) in [5, 5.41) is 0. The fourth-order valence-corrected chi connectivity index (χ4v) is 1.63. The summed E-state index contributed by atoms with van der Waals surface area (Å²) >= 11 is 0. The molecule has 0 fully saturated rings. The predicted octanol–water partition coefficient (Wildman–Crippen LogP) is 1.21. The minimum atomic E-state index is 0.346. The Morgan fingerprint density at radius 2 is 1.43 bits per heavy atom. The van der Waals surface area contributed by atoms with Crippen LogP contribution in [-0.4, -0.2) is 19.1 Å². The van der Waals surface area contributed by atoms with Crippen molar-refractivity contribution in [1.82, 2.24) is 0 Å². The van der Waals surface area contributed by atoms with Crippen LogP contribution in [0.25, 0.3) is 0 Å². The molecule has 2 unspecified atom stereocenters. The molecule has 2 atom stereocenters. The summed E-state index contributed by atoms with van der Waals surface area (Å²) in [5.74, 6) is 0.766. The van der Waals surface area contributed by atoms with Crippen LogP contribution < -0.4 is 17.2 Å². The van der Waals surface area contributed by atoms with Gasteiger partial charge >= 0.3 is 0 Å². The minimum absolute atomic E-state index is 0.346. The second-order valence-corrected chi connectivity index (χ2v) is 4.30. The highest BCUT2D eigenvalue weighted by Crippen LogP contribution is 2.14. The molecule has 0 aliphatic carbocycles. The van der Waals surface area contributed by atoms with Gasteiger partial charge in [-0.1, -0.05) is 6.92 Å². The molecule has 0 saturated carbocycles. The third-order valence-electron chi connectivity index (χ3n) is 2.71. The third kappa shape index (κ3) is 8.48. The van der Waals surface area contributed by atoms with Gasteiger partial charge in [-0.05, 0) is 57.5 Å². The molecular formula is C11H27N3. The first-order valence-corrected chi connectivity index (χ1v) is 5.86. The van der Waals surface area contributed by atoms with Gasteiger partial charge in [-0.2, -0.15) is 0 Å². The zero-order valence-corrected chi connectivity index (χ0v) is 9.54. The molecule has 0 saturated heterocycles. The fraction of sp³-hybridized carbons (Fsp3) is 1.00. The summed E-state index contributed by atoms with van der Waals surface area (Å²) in [6.07, 6.45) is 6.86. The topological polar surface area (TPSA) is 78.1 Å². The van der Waals surface area contributed by atoms with E-state index < -0.39 is 0 Å². The largest absolute Gasteiger partial charge is 0.330 e. The van der Waals surface area contributed by atoms with Gasteiger partial charge < -0.3 is 17.2 Å². The molecule has 0 heterocycles. The molecule has 0 aromatic carbocycles.